The predicted molar refractivity (Wildman–Crippen MR) is 262 cm³/mol. The first-order chi connectivity index (χ1) is 33.5. The number of aromatic nitrogens is 6. The molecule has 8 rings (SSSR count). The summed E-state index contributed by atoms with van der Waals surface area (Å²) in [5.74, 6) is -5.77. The van der Waals surface area contributed by atoms with Gasteiger partial charge in [-0.2, -0.15) is 15.3 Å². The van der Waals surface area contributed by atoms with Crippen molar-refractivity contribution in [2.75, 3.05) is 7.11 Å². The van der Waals surface area contributed by atoms with Gasteiger partial charge in [-0.05, 0) is 84.4 Å². The monoisotopic (exact) mass is 968 g/mol. The van der Waals surface area contributed by atoms with Crippen molar-refractivity contribution in [1.29, 1.82) is 0 Å². The normalized spacial score (nSPS) is 10.2. The van der Waals surface area contributed by atoms with Crippen molar-refractivity contribution in [3.8, 4) is 0 Å². The number of hydrogen-bond acceptors (Lipinski definition) is 14. The largest absolute Gasteiger partial charge is 0.478 e. The first kappa shape index (κ1) is 54.3. The van der Waals surface area contributed by atoms with Crippen LogP contribution < -0.4 is 16.7 Å². The van der Waals surface area contributed by atoms with E-state index < -0.39 is 29.7 Å². The SMILES string of the molecule is CC(=O)c1ccc(C)cc1C.COC(=O)c1n[nH]c(=O)c2cc(C)ccc12.Cc1ccc(C(=O)C(=O)O)c(C(=O)O)c1.Cc1ccc2c(C(=O)O)n[nH]c(=O)c2c1.Cc1ccc2c(CO)n[nH]c(=O)c2c1. The van der Waals surface area contributed by atoms with Gasteiger partial charge in [0, 0.05) is 27.3 Å². The number of ketones is 2. The number of aromatic amines is 3. The maximum Gasteiger partial charge on any atom is 0.377 e. The van der Waals surface area contributed by atoms with Crippen molar-refractivity contribution >= 4 is 67.8 Å². The predicted octanol–water partition coefficient (Wildman–Crippen LogP) is 6.14. The number of nitrogens with one attached hydrogen (secondary N) is 3. The van der Waals surface area contributed by atoms with Crippen molar-refractivity contribution < 1.29 is 53.9 Å². The van der Waals surface area contributed by atoms with Crippen LogP contribution in [0.5, 0.6) is 0 Å². The Kier molecular flexibility index (Phi) is 18.5. The number of ether oxygens (including phenoxy) is 1. The number of methoxy groups -OCH3 is 1. The Balaban J connectivity index is 0.000000194. The van der Waals surface area contributed by atoms with Crippen molar-refractivity contribution in [3.05, 3.63) is 189 Å². The fourth-order valence-electron chi connectivity index (χ4n) is 6.79. The van der Waals surface area contributed by atoms with Gasteiger partial charge in [-0.15, -0.1) is 0 Å². The van der Waals surface area contributed by atoms with E-state index in [0.29, 0.717) is 43.6 Å². The average Bonchev–Trinajstić information content (AvgIpc) is 3.32. The summed E-state index contributed by atoms with van der Waals surface area (Å²) in [5, 5.41) is 55.8. The molecule has 3 aromatic heterocycles. The summed E-state index contributed by atoms with van der Waals surface area (Å²) in [7, 11) is 1.27. The van der Waals surface area contributed by atoms with E-state index in [0.717, 1.165) is 27.8 Å². The molecule has 0 aliphatic carbocycles. The summed E-state index contributed by atoms with van der Waals surface area (Å²) in [6.45, 7) is 12.7. The van der Waals surface area contributed by atoms with Gasteiger partial charge in [0.05, 0.1) is 41.1 Å². The number of aromatic carboxylic acids is 2. The Labute approximate surface area is 402 Å². The number of nitrogens with zero attached hydrogens (tertiary/aromatic N) is 3. The zero-order chi connectivity index (χ0) is 52.9. The van der Waals surface area contributed by atoms with Gasteiger partial charge in [0.1, 0.15) is 0 Å². The lowest BCUT2D eigenvalue weighted by Crippen LogP contribution is -2.17. The number of hydrogen-bond donors (Lipinski definition) is 7. The fraction of sp³-hybridized carbons (Fsp3) is 0.176. The van der Waals surface area contributed by atoms with Crippen molar-refractivity contribution in [2.45, 2.75) is 55.1 Å². The molecule has 3 heterocycles. The van der Waals surface area contributed by atoms with Crippen LogP contribution in [-0.4, -0.2) is 93.6 Å². The van der Waals surface area contributed by atoms with E-state index in [-0.39, 0.29) is 51.6 Å². The van der Waals surface area contributed by atoms with Crippen molar-refractivity contribution in [1.82, 2.24) is 30.6 Å². The number of benzene rings is 5. The number of aliphatic carboxylic acids is 1. The van der Waals surface area contributed by atoms with E-state index in [9.17, 15) is 43.2 Å². The second kappa shape index (κ2) is 24.1. The second-order valence-electron chi connectivity index (χ2n) is 15.8. The van der Waals surface area contributed by atoms with Gasteiger partial charge in [-0.1, -0.05) is 88.5 Å². The maximum atomic E-state index is 11.5. The molecule has 0 aliphatic heterocycles. The van der Waals surface area contributed by atoms with Crippen LogP contribution in [0.15, 0.2) is 105 Å². The summed E-state index contributed by atoms with van der Waals surface area (Å²) in [5.41, 5.74) is 5.58. The maximum absolute atomic E-state index is 11.5. The van der Waals surface area contributed by atoms with Crippen LogP contribution in [0, 0.1) is 41.5 Å². The molecule has 5 aromatic carbocycles. The number of Topliss-reactive ketones (excluding diaryl/α,β-unsaturated/α-hetero) is 2. The van der Waals surface area contributed by atoms with Crippen LogP contribution in [0.3, 0.4) is 0 Å². The quantitative estimate of drug-likeness (QED) is 0.0536. The van der Waals surface area contributed by atoms with E-state index in [4.69, 9.17) is 20.4 Å². The number of esters is 1. The summed E-state index contributed by atoms with van der Waals surface area (Å²) >= 11 is 0. The Morgan fingerprint density at radius 1 is 0.493 bits per heavy atom. The molecule has 0 aliphatic rings. The van der Waals surface area contributed by atoms with Gasteiger partial charge in [0.15, 0.2) is 17.2 Å². The molecule has 71 heavy (non-hydrogen) atoms. The van der Waals surface area contributed by atoms with Crippen LogP contribution >= 0.6 is 0 Å². The molecule has 0 fully saturated rings. The summed E-state index contributed by atoms with van der Waals surface area (Å²) < 4.78 is 4.59. The number of carbonyl (C=O) groups is 6. The van der Waals surface area contributed by atoms with Gasteiger partial charge in [-0.25, -0.2) is 34.5 Å². The van der Waals surface area contributed by atoms with Crippen LogP contribution in [0.1, 0.15) is 98.0 Å². The van der Waals surface area contributed by atoms with Gasteiger partial charge < -0.3 is 25.2 Å². The Bertz CT molecular complexity index is 3560. The number of aliphatic hydroxyl groups excluding tert-OH is 1. The standard InChI is InChI=1S/C11H10N2O3.C10H8N2O3.C10H10N2O2.C10H8O5.C10H12O/c1-6-3-4-7-8(5-6)10(14)13-12-9(7)11(15)16-2;1-5-2-3-6-7(4-5)9(13)12-11-8(6)10(14)15;1-6-2-3-7-8(4-6)10(14)12-11-9(7)5-13;1-5-2-3-6(8(11)10(14)15)7(4-5)9(12)13;1-7-4-5-10(9(3)11)8(2)6-7/h3-5H,1-2H3,(H,13,14);2-4H,1H3,(H,12,13)(H,14,15);2-4,13H,5H2,1H3,(H,12,14);2-4H,1H3,(H,12,13)(H,14,15);4-6H,1-3H3. The molecular weight excluding hydrogens is 921 g/mol. The molecule has 0 saturated carbocycles. The number of aryl methyl sites for hydroxylation is 6. The smallest absolute Gasteiger partial charge is 0.377 e. The zero-order valence-corrected chi connectivity index (χ0v) is 39.6. The number of H-pyrrole nitrogens is 3. The Morgan fingerprint density at radius 3 is 1.34 bits per heavy atom. The molecule has 366 valence electrons. The zero-order valence-electron chi connectivity index (χ0n) is 39.6. The molecule has 7 N–H and O–H groups in total. The van der Waals surface area contributed by atoms with E-state index in [1.807, 2.05) is 65.0 Å². The molecule has 20 nitrogen and oxygen atoms in total. The van der Waals surface area contributed by atoms with Crippen LogP contribution in [0.25, 0.3) is 32.3 Å². The molecule has 0 radical (unpaired) electrons. The third-order valence-electron chi connectivity index (χ3n) is 10.2. The number of fused-ring (bicyclic) bond motifs is 3. The lowest BCUT2D eigenvalue weighted by atomic mass is 10.0. The topological polar surface area (TPSA) is 330 Å². The minimum Gasteiger partial charge on any atom is -0.478 e. The third kappa shape index (κ3) is 13.9. The highest BCUT2D eigenvalue weighted by molar-refractivity contribution is 6.41. The molecule has 8 aromatic rings. The van der Waals surface area contributed by atoms with Crippen LogP contribution in [0.4, 0.5) is 0 Å². The first-order valence-corrected chi connectivity index (χ1v) is 21.1. The van der Waals surface area contributed by atoms with E-state index in [2.05, 4.69) is 35.3 Å². The van der Waals surface area contributed by atoms with Crippen molar-refractivity contribution in [3.63, 3.8) is 0 Å². The van der Waals surface area contributed by atoms with E-state index >= 15 is 0 Å². The van der Waals surface area contributed by atoms with Gasteiger partial charge in [-0.3, -0.25) is 24.0 Å². The minimum atomic E-state index is -1.67. The van der Waals surface area contributed by atoms with Gasteiger partial charge >= 0.3 is 23.9 Å². The second-order valence-corrected chi connectivity index (χ2v) is 15.8. The van der Waals surface area contributed by atoms with E-state index in [1.165, 1.54) is 30.9 Å². The molecule has 20 heteroatoms. The highest BCUT2D eigenvalue weighted by Gasteiger charge is 2.22. The number of aliphatic hydroxyl groups is 1. The molecule has 0 atom stereocenters. The highest BCUT2D eigenvalue weighted by atomic mass is 16.5. The number of carbonyl (C=O) groups excluding carboxylic acids is 3. The molecular formula is C51H48N6O14. The highest BCUT2D eigenvalue weighted by Crippen LogP contribution is 2.18. The molecule has 0 unspecified atom stereocenters. The van der Waals surface area contributed by atoms with Gasteiger partial charge in [0.2, 0.25) is 0 Å². The molecule has 0 saturated heterocycles. The van der Waals surface area contributed by atoms with Crippen molar-refractivity contribution in [2.24, 2.45) is 0 Å². The molecule has 0 spiro atoms. The van der Waals surface area contributed by atoms with Crippen LogP contribution in [0.2, 0.25) is 0 Å². The lowest BCUT2D eigenvalue weighted by Gasteiger charge is -2.03. The molecule has 0 bridgehead atoms. The third-order valence-corrected chi connectivity index (χ3v) is 10.2. The lowest BCUT2D eigenvalue weighted by molar-refractivity contribution is -0.131. The number of carboxylic acid groups (broad SMARTS) is 3. The average molecular weight is 969 g/mol. The molecule has 0 amide bonds. The Morgan fingerprint density at radius 2 is 0.901 bits per heavy atom. The number of rotatable bonds is 7. The van der Waals surface area contributed by atoms with Gasteiger partial charge in [0.25, 0.3) is 22.5 Å². The summed E-state index contributed by atoms with van der Waals surface area (Å²) in [6.07, 6.45) is 0. The number of carboxylic acids is 3. The summed E-state index contributed by atoms with van der Waals surface area (Å²) in [4.78, 5) is 99.8. The first-order valence-electron chi connectivity index (χ1n) is 21.1. The summed E-state index contributed by atoms with van der Waals surface area (Å²) in [6, 6.07) is 25.5. The Hall–Kier alpha value is -9.30. The van der Waals surface area contributed by atoms with Crippen LogP contribution in [-0.2, 0) is 16.1 Å². The minimum absolute atomic E-state index is 0.122. The van der Waals surface area contributed by atoms with E-state index in [1.54, 1.807) is 56.3 Å². The fourth-order valence-corrected chi connectivity index (χ4v) is 6.79.